The van der Waals surface area contributed by atoms with Crippen LogP contribution in [-0.2, 0) is 0 Å². The van der Waals surface area contributed by atoms with Gasteiger partial charge in [0.2, 0.25) is 0 Å². The maximum atomic E-state index is 11.8. The Morgan fingerprint density at radius 3 is 2.73 bits per heavy atom. The summed E-state index contributed by atoms with van der Waals surface area (Å²) >= 11 is 1.33. The fourth-order valence-electron chi connectivity index (χ4n) is 2.87. The molecule has 0 bridgehead atoms. The van der Waals surface area contributed by atoms with Gasteiger partial charge in [-0.1, -0.05) is 37.3 Å². The molecule has 2 atom stereocenters. The number of amides is 1. The number of nitrogens with two attached hydrogens (primary N) is 1. The van der Waals surface area contributed by atoms with E-state index in [1.54, 1.807) is 4.90 Å². The molecule has 1 aliphatic rings. The van der Waals surface area contributed by atoms with E-state index in [1.807, 2.05) is 30.3 Å². The molecule has 2 N–H and O–H groups in total. The maximum absolute atomic E-state index is 11.8. The molecular weight excluding hydrogens is 296 g/mol. The van der Waals surface area contributed by atoms with Gasteiger partial charge < -0.3 is 10.6 Å². The topological polar surface area (TPSA) is 83.0 Å². The summed E-state index contributed by atoms with van der Waals surface area (Å²) in [6.07, 6.45) is 2.17. The fraction of sp³-hybridized carbons (Fsp3) is 0.312. The number of nitriles is 1. The van der Waals surface area contributed by atoms with E-state index in [-0.39, 0.29) is 11.8 Å². The van der Waals surface area contributed by atoms with Crippen LogP contribution in [0.25, 0.3) is 10.6 Å². The van der Waals surface area contributed by atoms with Crippen molar-refractivity contribution in [2.45, 2.75) is 12.8 Å². The van der Waals surface area contributed by atoms with Crippen LogP contribution in [0.15, 0.2) is 30.3 Å². The second-order valence-corrected chi connectivity index (χ2v) is 6.55. The van der Waals surface area contributed by atoms with Gasteiger partial charge in [-0.25, -0.2) is 4.98 Å². The summed E-state index contributed by atoms with van der Waals surface area (Å²) in [4.78, 5) is 18.7. The van der Waals surface area contributed by atoms with E-state index in [2.05, 4.69) is 18.1 Å². The van der Waals surface area contributed by atoms with Crippen molar-refractivity contribution in [1.29, 1.82) is 5.26 Å². The molecule has 0 spiro atoms. The minimum absolute atomic E-state index is 0.0656. The summed E-state index contributed by atoms with van der Waals surface area (Å²) in [6, 6.07) is 9.75. The van der Waals surface area contributed by atoms with E-state index in [9.17, 15) is 4.79 Å². The Morgan fingerprint density at radius 2 is 2.14 bits per heavy atom. The Balaban J connectivity index is 2.02. The van der Waals surface area contributed by atoms with Crippen molar-refractivity contribution >= 4 is 17.2 Å². The molecule has 2 heterocycles. The molecule has 0 radical (unpaired) electrons. The second kappa shape index (κ2) is 5.78. The molecule has 1 aromatic heterocycles. The van der Waals surface area contributed by atoms with Crippen LogP contribution in [0.1, 0.15) is 28.2 Å². The number of carbonyl (C=O) groups excluding carboxylic acids is 1. The van der Waals surface area contributed by atoms with Crippen LogP contribution in [0.2, 0.25) is 0 Å². The Bertz CT molecular complexity index is 734. The lowest BCUT2D eigenvalue weighted by molar-refractivity contribution is 0.100. The highest BCUT2D eigenvalue weighted by atomic mass is 32.1. The first-order chi connectivity index (χ1) is 10.6. The highest BCUT2D eigenvalue weighted by Gasteiger charge is 2.35. The highest BCUT2D eigenvalue weighted by Crippen LogP contribution is 2.38. The van der Waals surface area contributed by atoms with Crippen molar-refractivity contribution in [2.75, 3.05) is 13.1 Å². The van der Waals surface area contributed by atoms with Gasteiger partial charge in [-0.2, -0.15) is 5.26 Å². The molecule has 1 aromatic carbocycles. The standard InChI is InChI=1S/C16H16N4OS/c1-10-7-20(9-17)8-12(10)13-14(15(18)21)22-16(19-13)11-5-3-2-4-6-11/h2-6,10,12H,7-8H2,1H3,(H2,18,21)/t10-,12+/m1/s1. The van der Waals surface area contributed by atoms with Gasteiger partial charge in [0.1, 0.15) is 9.88 Å². The first-order valence-electron chi connectivity index (χ1n) is 7.10. The van der Waals surface area contributed by atoms with Crippen LogP contribution in [0.3, 0.4) is 0 Å². The number of primary amides is 1. The van der Waals surface area contributed by atoms with Gasteiger partial charge in [-0.05, 0) is 5.92 Å². The number of rotatable bonds is 3. The Morgan fingerprint density at radius 1 is 1.41 bits per heavy atom. The van der Waals surface area contributed by atoms with E-state index in [4.69, 9.17) is 11.0 Å². The van der Waals surface area contributed by atoms with Gasteiger partial charge in [0.15, 0.2) is 6.19 Å². The molecule has 3 rings (SSSR count). The third-order valence-corrected chi connectivity index (χ3v) is 5.14. The number of nitrogens with zero attached hydrogens (tertiary/aromatic N) is 3. The van der Waals surface area contributed by atoms with Gasteiger partial charge in [0.25, 0.3) is 5.91 Å². The molecule has 1 amide bonds. The summed E-state index contributed by atoms with van der Waals surface area (Å²) < 4.78 is 0. The number of benzene rings is 1. The van der Waals surface area contributed by atoms with E-state index in [0.717, 1.165) is 16.3 Å². The fourth-order valence-corrected chi connectivity index (χ4v) is 3.86. The number of hydrogen-bond acceptors (Lipinski definition) is 5. The lowest BCUT2D eigenvalue weighted by Crippen LogP contribution is -2.17. The van der Waals surface area contributed by atoms with Crippen molar-refractivity contribution in [3.05, 3.63) is 40.9 Å². The van der Waals surface area contributed by atoms with E-state index < -0.39 is 5.91 Å². The smallest absolute Gasteiger partial charge is 0.260 e. The Hall–Kier alpha value is -2.39. The van der Waals surface area contributed by atoms with Gasteiger partial charge in [0, 0.05) is 24.6 Å². The minimum Gasteiger partial charge on any atom is -0.365 e. The predicted molar refractivity (Wildman–Crippen MR) is 85.2 cm³/mol. The Labute approximate surface area is 133 Å². The van der Waals surface area contributed by atoms with Crippen molar-refractivity contribution in [3.8, 4) is 16.8 Å². The summed E-state index contributed by atoms with van der Waals surface area (Å²) in [5.41, 5.74) is 7.25. The highest BCUT2D eigenvalue weighted by molar-refractivity contribution is 7.17. The zero-order valence-electron chi connectivity index (χ0n) is 12.2. The molecule has 1 fully saturated rings. The van der Waals surface area contributed by atoms with Crippen molar-refractivity contribution < 1.29 is 4.79 Å². The van der Waals surface area contributed by atoms with Crippen LogP contribution >= 0.6 is 11.3 Å². The molecule has 0 unspecified atom stereocenters. The van der Waals surface area contributed by atoms with Crippen LogP contribution in [-0.4, -0.2) is 28.9 Å². The average Bonchev–Trinajstić information content (AvgIpc) is 3.11. The lowest BCUT2D eigenvalue weighted by atomic mass is 9.94. The first-order valence-corrected chi connectivity index (χ1v) is 7.92. The molecule has 0 saturated carbocycles. The van der Waals surface area contributed by atoms with Gasteiger partial charge in [0.05, 0.1) is 5.69 Å². The number of hydrogen-bond donors (Lipinski definition) is 1. The summed E-state index contributed by atoms with van der Waals surface area (Å²) in [7, 11) is 0. The molecule has 5 nitrogen and oxygen atoms in total. The van der Waals surface area contributed by atoms with E-state index in [0.29, 0.717) is 18.0 Å². The predicted octanol–water partition coefficient (Wildman–Crippen LogP) is 2.43. The monoisotopic (exact) mass is 312 g/mol. The normalized spacial score (nSPS) is 20.8. The third kappa shape index (κ3) is 2.55. The van der Waals surface area contributed by atoms with Crippen LogP contribution in [0, 0.1) is 17.4 Å². The molecule has 112 valence electrons. The van der Waals surface area contributed by atoms with E-state index >= 15 is 0 Å². The minimum atomic E-state index is -0.447. The lowest BCUT2D eigenvalue weighted by Gasteiger charge is -2.11. The molecule has 0 aliphatic carbocycles. The molecule has 2 aromatic rings. The van der Waals surface area contributed by atoms with Crippen molar-refractivity contribution in [2.24, 2.45) is 11.7 Å². The van der Waals surface area contributed by atoms with E-state index in [1.165, 1.54) is 11.3 Å². The van der Waals surface area contributed by atoms with Crippen LogP contribution < -0.4 is 5.73 Å². The molecule has 1 saturated heterocycles. The van der Waals surface area contributed by atoms with Crippen molar-refractivity contribution in [3.63, 3.8) is 0 Å². The summed E-state index contributed by atoms with van der Waals surface area (Å²) in [6.45, 7) is 3.36. The number of carbonyl (C=O) groups is 1. The van der Waals surface area contributed by atoms with Gasteiger partial charge in [-0.3, -0.25) is 4.79 Å². The second-order valence-electron chi connectivity index (χ2n) is 5.55. The van der Waals surface area contributed by atoms with Crippen LogP contribution in [0.5, 0.6) is 0 Å². The molecule has 6 heteroatoms. The summed E-state index contributed by atoms with van der Waals surface area (Å²) in [5, 5.41) is 9.87. The molecule has 1 aliphatic heterocycles. The third-order valence-electron chi connectivity index (χ3n) is 4.00. The number of aromatic nitrogens is 1. The average molecular weight is 312 g/mol. The maximum Gasteiger partial charge on any atom is 0.260 e. The largest absolute Gasteiger partial charge is 0.365 e. The number of likely N-dealkylation sites (tertiary alicyclic amines) is 1. The number of thiazole rings is 1. The van der Waals surface area contributed by atoms with Crippen molar-refractivity contribution in [1.82, 2.24) is 9.88 Å². The van der Waals surface area contributed by atoms with Gasteiger partial charge in [-0.15, -0.1) is 11.3 Å². The van der Waals surface area contributed by atoms with Crippen LogP contribution in [0.4, 0.5) is 0 Å². The zero-order chi connectivity index (χ0) is 15.7. The summed E-state index contributed by atoms with van der Waals surface area (Å²) in [5.74, 6) is -0.114. The molecule has 22 heavy (non-hydrogen) atoms. The van der Waals surface area contributed by atoms with Gasteiger partial charge >= 0.3 is 0 Å². The molecular formula is C16H16N4OS. The SMILES string of the molecule is C[C@@H]1CN(C#N)C[C@@H]1c1nc(-c2ccccc2)sc1C(N)=O. The quantitative estimate of drug-likeness (QED) is 0.882. The first kappa shape index (κ1) is 14.5. The zero-order valence-corrected chi connectivity index (χ0v) is 13.0. The Kier molecular flexibility index (Phi) is 3.82.